The van der Waals surface area contributed by atoms with Crippen LogP contribution in [0.25, 0.3) is 0 Å². The SMILES string of the molecule is Cc1cc(C(Br)C2CCc3ccccc3C2)c(C)s1. The first-order valence-corrected chi connectivity index (χ1v) is 8.66. The van der Waals surface area contributed by atoms with Gasteiger partial charge in [-0.05, 0) is 61.8 Å². The number of benzene rings is 1. The number of halogens is 1. The largest absolute Gasteiger partial charge is 0.146 e. The molecule has 1 aliphatic rings. The topological polar surface area (TPSA) is 0 Å². The molecule has 0 nitrogen and oxygen atoms in total. The third-order valence-corrected chi connectivity index (χ3v) is 6.40. The summed E-state index contributed by atoms with van der Waals surface area (Å²) in [5, 5.41) is 0. The molecule has 0 bridgehead atoms. The fourth-order valence-electron chi connectivity index (χ4n) is 3.15. The summed E-state index contributed by atoms with van der Waals surface area (Å²) in [5.74, 6) is 0.725. The highest BCUT2D eigenvalue weighted by atomic mass is 79.9. The Morgan fingerprint density at radius 1 is 1.21 bits per heavy atom. The molecule has 0 amide bonds. The maximum atomic E-state index is 3.97. The van der Waals surface area contributed by atoms with E-state index in [9.17, 15) is 0 Å². The molecule has 0 aliphatic heterocycles. The molecule has 0 fully saturated rings. The Bertz CT molecular complexity index is 585. The molecule has 19 heavy (non-hydrogen) atoms. The zero-order chi connectivity index (χ0) is 13.4. The van der Waals surface area contributed by atoms with Crippen molar-refractivity contribution < 1.29 is 0 Å². The lowest BCUT2D eigenvalue weighted by Gasteiger charge is -2.28. The molecule has 0 radical (unpaired) electrons. The number of thiophene rings is 1. The molecule has 2 aromatic rings. The van der Waals surface area contributed by atoms with Crippen molar-refractivity contribution in [1.82, 2.24) is 0 Å². The lowest BCUT2D eigenvalue weighted by molar-refractivity contribution is 0.452. The summed E-state index contributed by atoms with van der Waals surface area (Å²) in [6, 6.07) is 11.3. The maximum Gasteiger partial charge on any atom is 0.0437 e. The predicted octanol–water partition coefficient (Wildman–Crippen LogP) is 5.61. The Morgan fingerprint density at radius 3 is 2.63 bits per heavy atom. The number of hydrogen-bond acceptors (Lipinski definition) is 1. The van der Waals surface area contributed by atoms with Gasteiger partial charge < -0.3 is 0 Å². The highest BCUT2D eigenvalue weighted by Crippen LogP contribution is 2.42. The first-order chi connectivity index (χ1) is 9.15. The van der Waals surface area contributed by atoms with Gasteiger partial charge in [0.25, 0.3) is 0 Å². The molecule has 0 N–H and O–H groups in total. The van der Waals surface area contributed by atoms with Gasteiger partial charge in [-0.2, -0.15) is 0 Å². The van der Waals surface area contributed by atoms with E-state index >= 15 is 0 Å². The third kappa shape index (κ3) is 2.66. The van der Waals surface area contributed by atoms with Crippen LogP contribution in [0.3, 0.4) is 0 Å². The van der Waals surface area contributed by atoms with Crippen molar-refractivity contribution in [3.8, 4) is 0 Å². The molecule has 1 aromatic heterocycles. The normalized spacial score (nSPS) is 20.1. The molecule has 3 rings (SSSR count). The van der Waals surface area contributed by atoms with Crippen molar-refractivity contribution in [2.45, 2.75) is 37.9 Å². The first-order valence-electron chi connectivity index (χ1n) is 6.93. The van der Waals surface area contributed by atoms with Crippen molar-refractivity contribution in [3.63, 3.8) is 0 Å². The summed E-state index contributed by atoms with van der Waals surface area (Å²) in [4.78, 5) is 3.40. The highest BCUT2D eigenvalue weighted by Gasteiger charge is 2.27. The summed E-state index contributed by atoms with van der Waals surface area (Å²) >= 11 is 5.89. The summed E-state index contributed by atoms with van der Waals surface area (Å²) in [6.45, 7) is 4.45. The second kappa shape index (κ2) is 5.41. The Hall–Kier alpha value is -0.600. The quantitative estimate of drug-likeness (QED) is 0.626. The van der Waals surface area contributed by atoms with Gasteiger partial charge in [0.15, 0.2) is 0 Å². The van der Waals surface area contributed by atoms with E-state index in [2.05, 4.69) is 60.1 Å². The van der Waals surface area contributed by atoms with Gasteiger partial charge in [0.2, 0.25) is 0 Å². The van der Waals surface area contributed by atoms with Gasteiger partial charge in [-0.25, -0.2) is 0 Å². The van der Waals surface area contributed by atoms with Gasteiger partial charge in [0.05, 0.1) is 0 Å². The maximum absolute atomic E-state index is 3.97. The lowest BCUT2D eigenvalue weighted by Crippen LogP contribution is -2.18. The van der Waals surface area contributed by atoms with Crippen molar-refractivity contribution in [2.75, 3.05) is 0 Å². The Balaban J connectivity index is 1.83. The van der Waals surface area contributed by atoms with Crippen LogP contribution < -0.4 is 0 Å². The van der Waals surface area contributed by atoms with Gasteiger partial charge in [-0.3, -0.25) is 0 Å². The standard InChI is InChI=1S/C17H19BrS/c1-11-9-16(12(2)19-11)17(18)15-8-7-13-5-3-4-6-14(13)10-15/h3-6,9,15,17H,7-8,10H2,1-2H3. The van der Waals surface area contributed by atoms with Crippen LogP contribution in [-0.2, 0) is 12.8 Å². The van der Waals surface area contributed by atoms with Gasteiger partial charge in [0, 0.05) is 14.6 Å². The minimum absolute atomic E-state index is 0.505. The molecule has 2 heteroatoms. The summed E-state index contributed by atoms with van der Waals surface area (Å²) in [5.41, 5.74) is 4.61. The van der Waals surface area contributed by atoms with Crippen molar-refractivity contribution in [3.05, 3.63) is 56.8 Å². The fourth-order valence-corrected chi connectivity index (χ4v) is 5.20. The third-order valence-electron chi connectivity index (χ3n) is 4.18. The zero-order valence-electron chi connectivity index (χ0n) is 11.4. The molecular formula is C17H19BrS. The smallest absolute Gasteiger partial charge is 0.0437 e. The van der Waals surface area contributed by atoms with E-state index in [1.165, 1.54) is 34.6 Å². The van der Waals surface area contributed by atoms with Crippen LogP contribution in [0.15, 0.2) is 30.3 Å². The summed E-state index contributed by atoms with van der Waals surface area (Å²) in [6.07, 6.45) is 3.73. The zero-order valence-corrected chi connectivity index (χ0v) is 13.9. The van der Waals surface area contributed by atoms with Crippen LogP contribution >= 0.6 is 27.3 Å². The molecule has 1 aromatic carbocycles. The number of aryl methyl sites for hydroxylation is 3. The summed E-state index contributed by atoms with van der Waals surface area (Å²) in [7, 11) is 0. The number of fused-ring (bicyclic) bond motifs is 1. The molecule has 0 spiro atoms. The van der Waals surface area contributed by atoms with Crippen LogP contribution in [0.1, 0.15) is 37.7 Å². The molecule has 0 saturated carbocycles. The molecule has 2 atom stereocenters. The fraction of sp³-hybridized carbons (Fsp3) is 0.412. The van der Waals surface area contributed by atoms with Crippen LogP contribution in [0.2, 0.25) is 0 Å². The minimum Gasteiger partial charge on any atom is -0.146 e. The second-order valence-electron chi connectivity index (χ2n) is 5.54. The van der Waals surface area contributed by atoms with Gasteiger partial charge >= 0.3 is 0 Å². The second-order valence-corrected chi connectivity index (χ2v) is 7.99. The molecular weight excluding hydrogens is 316 g/mol. The van der Waals surface area contributed by atoms with E-state index in [1.807, 2.05) is 11.3 Å². The number of hydrogen-bond donors (Lipinski definition) is 0. The van der Waals surface area contributed by atoms with Crippen LogP contribution in [0.4, 0.5) is 0 Å². The van der Waals surface area contributed by atoms with E-state index in [1.54, 1.807) is 11.1 Å². The Labute approximate surface area is 128 Å². The minimum atomic E-state index is 0.505. The first kappa shape index (κ1) is 13.4. The van der Waals surface area contributed by atoms with Crippen LogP contribution in [0, 0.1) is 19.8 Å². The molecule has 1 heterocycles. The number of rotatable bonds is 2. The Kier molecular flexibility index (Phi) is 3.81. The van der Waals surface area contributed by atoms with Crippen LogP contribution in [0.5, 0.6) is 0 Å². The van der Waals surface area contributed by atoms with Crippen molar-refractivity contribution in [1.29, 1.82) is 0 Å². The molecule has 2 unspecified atom stereocenters. The monoisotopic (exact) mass is 334 g/mol. The molecule has 1 aliphatic carbocycles. The lowest BCUT2D eigenvalue weighted by atomic mass is 9.81. The highest BCUT2D eigenvalue weighted by molar-refractivity contribution is 9.09. The van der Waals surface area contributed by atoms with Gasteiger partial charge in [-0.1, -0.05) is 40.2 Å². The van der Waals surface area contributed by atoms with E-state index in [-0.39, 0.29) is 0 Å². The van der Waals surface area contributed by atoms with Crippen molar-refractivity contribution >= 4 is 27.3 Å². The van der Waals surface area contributed by atoms with E-state index in [0.717, 1.165) is 5.92 Å². The van der Waals surface area contributed by atoms with E-state index < -0.39 is 0 Å². The number of alkyl halides is 1. The van der Waals surface area contributed by atoms with E-state index in [4.69, 9.17) is 0 Å². The average Bonchev–Trinajstić information content (AvgIpc) is 2.76. The van der Waals surface area contributed by atoms with Crippen molar-refractivity contribution in [2.24, 2.45) is 5.92 Å². The summed E-state index contributed by atoms with van der Waals surface area (Å²) < 4.78 is 0. The Morgan fingerprint density at radius 2 is 1.95 bits per heavy atom. The molecule has 0 saturated heterocycles. The molecule has 100 valence electrons. The van der Waals surface area contributed by atoms with E-state index in [0.29, 0.717) is 4.83 Å². The average molecular weight is 335 g/mol. The van der Waals surface area contributed by atoms with Crippen LogP contribution in [-0.4, -0.2) is 0 Å². The van der Waals surface area contributed by atoms with Gasteiger partial charge in [0.1, 0.15) is 0 Å². The predicted molar refractivity (Wildman–Crippen MR) is 87.4 cm³/mol. The van der Waals surface area contributed by atoms with Gasteiger partial charge in [-0.15, -0.1) is 11.3 Å².